The molecule has 0 bridgehead atoms. The average Bonchev–Trinajstić information content (AvgIpc) is 1.93. The maximum Gasteiger partial charge on any atom is 0.151 e. The fraction of sp³-hybridized carbons (Fsp3) is 1.00. The Labute approximate surface area is 80.8 Å². The highest BCUT2D eigenvalue weighted by molar-refractivity contribution is 7.91. The molecule has 4 heteroatoms. The molecule has 0 radical (unpaired) electrons. The highest BCUT2D eigenvalue weighted by Crippen LogP contribution is 2.32. The van der Waals surface area contributed by atoms with Gasteiger partial charge >= 0.3 is 0 Å². The molecule has 2 unspecified atom stereocenters. The van der Waals surface area contributed by atoms with Crippen LogP contribution in [-0.2, 0) is 9.84 Å². The zero-order chi connectivity index (χ0) is 10.1. The van der Waals surface area contributed by atoms with Crippen LogP contribution in [0.4, 0.5) is 0 Å². The third kappa shape index (κ3) is 2.44. The van der Waals surface area contributed by atoms with Gasteiger partial charge < -0.3 is 5.32 Å². The molecule has 78 valence electrons. The van der Waals surface area contributed by atoms with Crippen LogP contribution in [0.2, 0.25) is 0 Å². The summed E-state index contributed by atoms with van der Waals surface area (Å²) < 4.78 is 22.7. The zero-order valence-electron chi connectivity index (χ0n) is 8.58. The molecule has 1 saturated carbocycles. The Balaban J connectivity index is 2.65. The third-order valence-electron chi connectivity index (χ3n) is 3.17. The minimum Gasteiger partial charge on any atom is -0.315 e. The van der Waals surface area contributed by atoms with Crippen molar-refractivity contribution in [1.29, 1.82) is 0 Å². The predicted molar refractivity (Wildman–Crippen MR) is 54.5 cm³/mol. The molecule has 0 aromatic rings. The van der Waals surface area contributed by atoms with E-state index in [0.29, 0.717) is 5.92 Å². The highest BCUT2D eigenvalue weighted by atomic mass is 32.2. The number of sulfone groups is 1. The van der Waals surface area contributed by atoms with Gasteiger partial charge in [0.25, 0.3) is 0 Å². The lowest BCUT2D eigenvalue weighted by Gasteiger charge is -2.36. The maximum atomic E-state index is 11.3. The molecule has 0 heterocycles. The summed E-state index contributed by atoms with van der Waals surface area (Å²) in [6.07, 6.45) is 4.91. The molecule has 1 fully saturated rings. The SMILES string of the molecule is CNC(C1CCC1)C(C)S(C)(=O)=O. The fourth-order valence-electron chi connectivity index (χ4n) is 1.92. The molecule has 1 aliphatic rings. The van der Waals surface area contributed by atoms with Crippen LogP contribution in [-0.4, -0.2) is 33.0 Å². The second-order valence-electron chi connectivity index (χ2n) is 4.04. The highest BCUT2D eigenvalue weighted by Gasteiger charge is 2.34. The summed E-state index contributed by atoms with van der Waals surface area (Å²) in [6, 6.07) is 0.142. The molecular weight excluding hydrogens is 186 g/mol. The quantitative estimate of drug-likeness (QED) is 0.738. The Bertz CT molecular complexity index is 257. The molecule has 0 aromatic heterocycles. The van der Waals surface area contributed by atoms with Crippen LogP contribution in [0.15, 0.2) is 0 Å². The molecule has 2 atom stereocenters. The summed E-state index contributed by atoms with van der Waals surface area (Å²) in [5.41, 5.74) is 0. The summed E-state index contributed by atoms with van der Waals surface area (Å²) in [6.45, 7) is 1.80. The van der Waals surface area contributed by atoms with Crippen LogP contribution >= 0.6 is 0 Å². The van der Waals surface area contributed by atoms with Crippen LogP contribution in [0.5, 0.6) is 0 Å². The van der Waals surface area contributed by atoms with E-state index in [-0.39, 0.29) is 11.3 Å². The van der Waals surface area contributed by atoms with E-state index in [2.05, 4.69) is 5.32 Å². The van der Waals surface area contributed by atoms with Crippen molar-refractivity contribution in [3.63, 3.8) is 0 Å². The van der Waals surface area contributed by atoms with Crippen molar-refractivity contribution >= 4 is 9.84 Å². The third-order valence-corrected chi connectivity index (χ3v) is 4.82. The van der Waals surface area contributed by atoms with Crippen molar-refractivity contribution in [2.24, 2.45) is 5.92 Å². The van der Waals surface area contributed by atoms with E-state index in [1.165, 1.54) is 25.5 Å². The normalized spacial score (nSPS) is 23.6. The number of hydrogen-bond donors (Lipinski definition) is 1. The lowest BCUT2D eigenvalue weighted by molar-refractivity contribution is 0.233. The summed E-state index contributed by atoms with van der Waals surface area (Å²) in [5.74, 6) is 0.565. The van der Waals surface area contributed by atoms with Crippen molar-refractivity contribution in [3.05, 3.63) is 0 Å². The maximum absolute atomic E-state index is 11.3. The molecular formula is C9H19NO2S. The first-order valence-corrected chi connectivity index (χ1v) is 6.78. The Hall–Kier alpha value is -0.0900. The van der Waals surface area contributed by atoms with Gasteiger partial charge in [-0.15, -0.1) is 0 Å². The standard InChI is InChI=1S/C9H19NO2S/c1-7(13(3,11)12)9(10-2)8-5-4-6-8/h7-10H,4-6H2,1-3H3. The first kappa shape index (κ1) is 11.0. The van der Waals surface area contributed by atoms with E-state index in [1.54, 1.807) is 6.92 Å². The fourth-order valence-corrected chi connectivity index (χ4v) is 2.81. The topological polar surface area (TPSA) is 46.2 Å². The van der Waals surface area contributed by atoms with Gasteiger partial charge in [0.05, 0.1) is 5.25 Å². The molecule has 0 saturated heterocycles. The van der Waals surface area contributed by atoms with Gasteiger partial charge in [0.15, 0.2) is 9.84 Å². The van der Waals surface area contributed by atoms with E-state index >= 15 is 0 Å². The van der Waals surface area contributed by atoms with Crippen molar-refractivity contribution < 1.29 is 8.42 Å². The minimum absolute atomic E-state index is 0.142. The van der Waals surface area contributed by atoms with E-state index in [4.69, 9.17) is 0 Å². The summed E-state index contributed by atoms with van der Waals surface area (Å²) in [4.78, 5) is 0. The second-order valence-corrected chi connectivity index (χ2v) is 6.44. The molecule has 0 spiro atoms. The van der Waals surface area contributed by atoms with Gasteiger partial charge in [0, 0.05) is 12.3 Å². The second kappa shape index (κ2) is 3.96. The van der Waals surface area contributed by atoms with Gasteiger partial charge in [-0.25, -0.2) is 8.42 Å². The number of rotatable bonds is 4. The van der Waals surface area contributed by atoms with Crippen molar-refractivity contribution in [2.45, 2.75) is 37.5 Å². The van der Waals surface area contributed by atoms with E-state index < -0.39 is 9.84 Å². The van der Waals surface area contributed by atoms with Gasteiger partial charge in [-0.1, -0.05) is 6.42 Å². The van der Waals surface area contributed by atoms with Gasteiger partial charge in [-0.2, -0.15) is 0 Å². The average molecular weight is 205 g/mol. The largest absolute Gasteiger partial charge is 0.315 e. The van der Waals surface area contributed by atoms with Crippen LogP contribution in [0.3, 0.4) is 0 Å². The van der Waals surface area contributed by atoms with Crippen LogP contribution < -0.4 is 5.32 Å². The van der Waals surface area contributed by atoms with Crippen LogP contribution in [0.1, 0.15) is 26.2 Å². The molecule has 1 rings (SSSR count). The van der Waals surface area contributed by atoms with E-state index in [9.17, 15) is 8.42 Å². The lowest BCUT2D eigenvalue weighted by atomic mass is 9.79. The van der Waals surface area contributed by atoms with Crippen molar-refractivity contribution in [2.75, 3.05) is 13.3 Å². The molecule has 3 nitrogen and oxygen atoms in total. The van der Waals surface area contributed by atoms with E-state index in [0.717, 1.165) is 0 Å². The first-order chi connectivity index (χ1) is 5.96. The zero-order valence-corrected chi connectivity index (χ0v) is 9.39. The Morgan fingerprint density at radius 1 is 1.38 bits per heavy atom. The Morgan fingerprint density at radius 3 is 2.15 bits per heavy atom. The summed E-state index contributed by atoms with van der Waals surface area (Å²) >= 11 is 0. The molecule has 1 N–H and O–H groups in total. The van der Waals surface area contributed by atoms with Crippen LogP contribution in [0, 0.1) is 5.92 Å². The molecule has 0 aliphatic heterocycles. The summed E-state index contributed by atoms with van der Waals surface area (Å²) in [5, 5.41) is 2.87. The van der Waals surface area contributed by atoms with E-state index in [1.807, 2.05) is 7.05 Å². The molecule has 0 aromatic carbocycles. The van der Waals surface area contributed by atoms with Crippen molar-refractivity contribution in [1.82, 2.24) is 5.32 Å². The summed E-state index contributed by atoms with van der Waals surface area (Å²) in [7, 11) is -1.05. The Kier molecular flexibility index (Phi) is 3.35. The van der Waals surface area contributed by atoms with Crippen LogP contribution in [0.25, 0.3) is 0 Å². The number of nitrogens with one attached hydrogen (secondary N) is 1. The van der Waals surface area contributed by atoms with Gasteiger partial charge in [0.1, 0.15) is 0 Å². The first-order valence-electron chi connectivity index (χ1n) is 4.83. The monoisotopic (exact) mass is 205 g/mol. The van der Waals surface area contributed by atoms with Crippen molar-refractivity contribution in [3.8, 4) is 0 Å². The predicted octanol–water partition coefficient (Wildman–Crippen LogP) is 0.808. The van der Waals surface area contributed by atoms with Gasteiger partial charge in [-0.05, 0) is 32.7 Å². The number of hydrogen-bond acceptors (Lipinski definition) is 3. The molecule has 13 heavy (non-hydrogen) atoms. The molecule has 1 aliphatic carbocycles. The van der Waals surface area contributed by atoms with Gasteiger partial charge in [0.2, 0.25) is 0 Å². The lowest BCUT2D eigenvalue weighted by Crippen LogP contribution is -2.47. The minimum atomic E-state index is -2.90. The smallest absolute Gasteiger partial charge is 0.151 e. The van der Waals surface area contributed by atoms with Gasteiger partial charge in [-0.3, -0.25) is 0 Å². The Morgan fingerprint density at radius 2 is 1.92 bits per heavy atom. The molecule has 0 amide bonds.